The molecule has 6 heteroatoms. The molecule has 0 saturated carbocycles. The van der Waals surface area contributed by atoms with Gasteiger partial charge in [-0.3, -0.25) is 9.59 Å². The van der Waals surface area contributed by atoms with Crippen LogP contribution in [0.25, 0.3) is 0 Å². The van der Waals surface area contributed by atoms with Crippen molar-refractivity contribution in [3.8, 4) is 0 Å². The minimum absolute atomic E-state index is 0.833. The molecule has 0 aliphatic rings. The Hall–Kier alpha value is -1.26. The van der Waals surface area contributed by atoms with Crippen LogP contribution in [-0.4, -0.2) is 27.3 Å². The summed E-state index contributed by atoms with van der Waals surface area (Å²) in [5.41, 5.74) is 0. The number of isothiocyanates is 1. The molecule has 0 fully saturated rings. The second-order valence-electron chi connectivity index (χ2n) is 1.14. The molecule has 0 unspecified atom stereocenters. The van der Waals surface area contributed by atoms with Crippen molar-refractivity contribution in [2.75, 3.05) is 0 Å². The number of hydrogen-bond donors (Lipinski definition) is 3. The smallest absolute Gasteiger partial charge is 0.300 e. The van der Waals surface area contributed by atoms with Gasteiger partial charge in [0.25, 0.3) is 11.9 Å². The molecule has 0 aliphatic carbocycles. The van der Waals surface area contributed by atoms with Gasteiger partial charge in [0, 0.05) is 13.8 Å². The monoisotopic (exact) mass is 179 g/mol. The van der Waals surface area contributed by atoms with Crippen molar-refractivity contribution in [2.24, 2.45) is 0 Å². The van der Waals surface area contributed by atoms with Crippen LogP contribution >= 0.6 is 12.2 Å². The average Bonchev–Trinajstić information content (AvgIpc) is 1.60. The summed E-state index contributed by atoms with van der Waals surface area (Å²) >= 11 is 3.81. The number of hydrogen-bond acceptors (Lipinski definition) is 4. The Morgan fingerprint density at radius 3 is 1.27 bits per heavy atom. The molecular formula is C5H9NO4S. The highest BCUT2D eigenvalue weighted by Crippen LogP contribution is 1.42. The van der Waals surface area contributed by atoms with Gasteiger partial charge >= 0.3 is 0 Å². The van der Waals surface area contributed by atoms with Crippen LogP contribution in [0, 0.1) is 5.41 Å². The Kier molecular flexibility index (Phi) is 23.7. The van der Waals surface area contributed by atoms with Crippen LogP contribution in [0.1, 0.15) is 13.8 Å². The van der Waals surface area contributed by atoms with Crippen molar-refractivity contribution >= 4 is 29.3 Å². The van der Waals surface area contributed by atoms with Crippen molar-refractivity contribution in [2.45, 2.75) is 13.8 Å². The molecule has 0 heterocycles. The van der Waals surface area contributed by atoms with Crippen LogP contribution in [0.2, 0.25) is 0 Å². The van der Waals surface area contributed by atoms with Crippen LogP contribution in [0.5, 0.6) is 0 Å². The molecule has 0 aromatic rings. The molecule has 0 aliphatic heterocycles. The van der Waals surface area contributed by atoms with E-state index in [1.54, 1.807) is 5.16 Å². The van der Waals surface area contributed by atoms with Crippen LogP contribution in [0.4, 0.5) is 0 Å². The number of carbonyl (C=O) groups is 2. The third-order valence-electron chi connectivity index (χ3n) is 0. The summed E-state index contributed by atoms with van der Waals surface area (Å²) in [7, 11) is 0. The molecular weight excluding hydrogens is 170 g/mol. The van der Waals surface area contributed by atoms with Crippen LogP contribution in [-0.2, 0) is 9.59 Å². The zero-order valence-electron chi connectivity index (χ0n) is 6.12. The third-order valence-corrected chi connectivity index (χ3v) is 0. The van der Waals surface area contributed by atoms with E-state index in [9.17, 15) is 0 Å². The third kappa shape index (κ3) is 250. The molecule has 11 heavy (non-hydrogen) atoms. The second-order valence-corrected chi connectivity index (χ2v) is 1.34. The predicted octanol–water partition coefficient (Wildman–Crippen LogP) is 0.850. The minimum atomic E-state index is -0.833. The lowest BCUT2D eigenvalue weighted by atomic mass is 10.9. The van der Waals surface area contributed by atoms with E-state index in [2.05, 4.69) is 12.2 Å². The highest BCUT2D eigenvalue weighted by Gasteiger charge is 1.65. The second kappa shape index (κ2) is 15.9. The topological polar surface area (TPSA) is 98.4 Å². The SMILES string of the molecule is CC(=O)O.CC(=O)O.N=C=S. The summed E-state index contributed by atoms with van der Waals surface area (Å²) in [5, 5.41) is 22.2. The first kappa shape index (κ1) is 16.4. The maximum absolute atomic E-state index is 9.00. The highest BCUT2D eigenvalue weighted by atomic mass is 32.1. The van der Waals surface area contributed by atoms with E-state index < -0.39 is 11.9 Å². The lowest BCUT2D eigenvalue weighted by molar-refractivity contribution is -0.135. The van der Waals surface area contributed by atoms with E-state index in [4.69, 9.17) is 25.2 Å². The quantitative estimate of drug-likeness (QED) is 0.378. The number of nitrogens with one attached hydrogen (secondary N) is 1. The molecule has 0 radical (unpaired) electrons. The van der Waals surface area contributed by atoms with Crippen LogP contribution in [0.3, 0.4) is 0 Å². The fraction of sp³-hybridized carbons (Fsp3) is 0.400. The van der Waals surface area contributed by atoms with E-state index in [0.29, 0.717) is 0 Å². The molecule has 0 amide bonds. The Bertz CT molecular complexity index is 131. The van der Waals surface area contributed by atoms with Gasteiger partial charge in [-0.1, -0.05) is 0 Å². The van der Waals surface area contributed by atoms with E-state index in [1.807, 2.05) is 0 Å². The van der Waals surface area contributed by atoms with Crippen molar-refractivity contribution in [3.05, 3.63) is 0 Å². The van der Waals surface area contributed by atoms with Crippen molar-refractivity contribution in [1.82, 2.24) is 0 Å². The summed E-state index contributed by atoms with van der Waals surface area (Å²) < 4.78 is 0. The molecule has 0 spiro atoms. The Balaban J connectivity index is -0.0000000886. The highest BCUT2D eigenvalue weighted by molar-refractivity contribution is 7.78. The van der Waals surface area contributed by atoms with Gasteiger partial charge in [0.05, 0.1) is 5.16 Å². The first-order chi connectivity index (χ1) is 4.88. The fourth-order valence-corrected chi connectivity index (χ4v) is 0. The maximum Gasteiger partial charge on any atom is 0.300 e. The average molecular weight is 179 g/mol. The minimum Gasteiger partial charge on any atom is -0.481 e. The molecule has 0 atom stereocenters. The Morgan fingerprint density at radius 1 is 1.27 bits per heavy atom. The van der Waals surface area contributed by atoms with Crippen molar-refractivity contribution in [3.63, 3.8) is 0 Å². The molecule has 0 saturated heterocycles. The predicted molar refractivity (Wildman–Crippen MR) is 41.9 cm³/mol. The van der Waals surface area contributed by atoms with Gasteiger partial charge in [-0.25, -0.2) is 5.41 Å². The number of carboxylic acids is 2. The van der Waals surface area contributed by atoms with Crippen LogP contribution < -0.4 is 0 Å². The largest absolute Gasteiger partial charge is 0.481 e. The summed E-state index contributed by atoms with van der Waals surface area (Å²) in [6.45, 7) is 2.17. The van der Waals surface area contributed by atoms with Gasteiger partial charge in [-0.15, -0.1) is 0 Å². The van der Waals surface area contributed by atoms with Gasteiger partial charge in [-0.2, -0.15) is 0 Å². The maximum atomic E-state index is 9.00. The normalized spacial score (nSPS) is 5.27. The van der Waals surface area contributed by atoms with Gasteiger partial charge in [-0.05, 0) is 12.2 Å². The molecule has 5 nitrogen and oxygen atoms in total. The Labute approximate surface area is 69.2 Å². The van der Waals surface area contributed by atoms with E-state index in [-0.39, 0.29) is 0 Å². The van der Waals surface area contributed by atoms with Gasteiger partial charge < -0.3 is 10.2 Å². The zero-order valence-corrected chi connectivity index (χ0v) is 6.94. The molecule has 0 aromatic carbocycles. The van der Waals surface area contributed by atoms with E-state index in [1.165, 1.54) is 0 Å². The lowest BCUT2D eigenvalue weighted by Gasteiger charge is -1.59. The zero-order chi connectivity index (χ0) is 9.86. The lowest BCUT2D eigenvalue weighted by Crippen LogP contribution is -1.78. The first-order valence-electron chi connectivity index (χ1n) is 2.31. The van der Waals surface area contributed by atoms with Crippen molar-refractivity contribution in [1.29, 1.82) is 5.41 Å². The molecule has 0 bridgehead atoms. The molecule has 64 valence electrons. The van der Waals surface area contributed by atoms with Gasteiger partial charge in [0.15, 0.2) is 0 Å². The fourth-order valence-electron chi connectivity index (χ4n) is 0. The van der Waals surface area contributed by atoms with Crippen molar-refractivity contribution < 1.29 is 19.8 Å². The molecule has 0 rings (SSSR count). The Morgan fingerprint density at radius 2 is 1.27 bits per heavy atom. The van der Waals surface area contributed by atoms with Gasteiger partial charge in [0.1, 0.15) is 0 Å². The summed E-state index contributed by atoms with van der Waals surface area (Å²) in [5.74, 6) is -1.67. The number of rotatable bonds is 0. The number of aliphatic carboxylic acids is 2. The van der Waals surface area contributed by atoms with Gasteiger partial charge in [0.2, 0.25) is 0 Å². The molecule has 3 N–H and O–H groups in total. The van der Waals surface area contributed by atoms with E-state index in [0.717, 1.165) is 13.8 Å². The van der Waals surface area contributed by atoms with E-state index >= 15 is 0 Å². The first-order valence-corrected chi connectivity index (χ1v) is 2.72. The standard InChI is InChI=1S/2C2H4O2.CHNS/c2*1-2(3)4;2-1-3/h2*1H3,(H,3,4);2H. The summed E-state index contributed by atoms with van der Waals surface area (Å²) in [6.07, 6.45) is 0. The number of thiocarbonyl (C=S) groups is 1. The number of carboxylic acid groups (broad SMARTS) is 2. The molecule has 0 aromatic heterocycles. The van der Waals surface area contributed by atoms with Crippen LogP contribution in [0.15, 0.2) is 0 Å². The summed E-state index contributed by atoms with van der Waals surface area (Å²) in [6, 6.07) is 0. The summed E-state index contributed by atoms with van der Waals surface area (Å²) in [4.78, 5) is 18.0.